The first-order valence-electron chi connectivity index (χ1n) is 7.43. The maximum atomic E-state index is 12.6. The van der Waals surface area contributed by atoms with Crippen LogP contribution in [0.15, 0.2) is 29.2 Å². The second-order valence-corrected chi connectivity index (χ2v) is 7.54. The summed E-state index contributed by atoms with van der Waals surface area (Å²) in [6.45, 7) is 3.68. The van der Waals surface area contributed by atoms with Gasteiger partial charge in [-0.3, -0.25) is 19.8 Å². The van der Waals surface area contributed by atoms with E-state index in [2.05, 4.69) is 0 Å². The number of carboxylic acids is 1. The van der Waals surface area contributed by atoms with Gasteiger partial charge in [0.15, 0.2) is 0 Å². The van der Waals surface area contributed by atoms with Crippen molar-refractivity contribution in [2.75, 3.05) is 0 Å². The van der Waals surface area contributed by atoms with Crippen molar-refractivity contribution < 1.29 is 19.6 Å². The fraction of sp³-hybridized carbons (Fsp3) is 0.312. The molecule has 0 bridgehead atoms. The molecular weight excluding hydrogens is 364 g/mol. The number of benzene rings is 1. The minimum atomic E-state index is -1.36. The lowest BCUT2D eigenvalue weighted by Gasteiger charge is -2.28. The summed E-state index contributed by atoms with van der Waals surface area (Å²) in [5.74, 6) is -1.86. The monoisotopic (exact) mass is 379 g/mol. The fourth-order valence-corrected chi connectivity index (χ4v) is 3.74. The van der Waals surface area contributed by atoms with E-state index in [1.165, 1.54) is 24.3 Å². The molecule has 1 aliphatic rings. The molecular formula is C16H15N2O5S2-. The second kappa shape index (κ2) is 7.75. The molecule has 0 aromatic heterocycles. The Kier molecular flexibility index (Phi) is 5.91. The number of amides is 1. The number of rotatable bonds is 6. The molecule has 1 heterocycles. The van der Waals surface area contributed by atoms with E-state index in [0.717, 1.165) is 16.7 Å². The highest BCUT2D eigenvalue weighted by molar-refractivity contribution is 8.26. The Morgan fingerprint density at radius 2 is 2.12 bits per heavy atom. The Balaban J connectivity index is 2.32. The van der Waals surface area contributed by atoms with Crippen molar-refractivity contribution in [3.8, 4) is 0 Å². The lowest BCUT2D eigenvalue weighted by Crippen LogP contribution is -2.50. The van der Waals surface area contributed by atoms with Crippen molar-refractivity contribution in [2.24, 2.45) is 5.92 Å². The zero-order valence-corrected chi connectivity index (χ0v) is 15.1. The Hall–Kier alpha value is -2.26. The molecule has 1 aromatic rings. The number of carbonyl (C=O) groups is 2. The highest BCUT2D eigenvalue weighted by Gasteiger charge is 2.38. The summed E-state index contributed by atoms with van der Waals surface area (Å²) in [6, 6.07) is 4.66. The molecule has 0 aliphatic carbocycles. The molecule has 0 N–H and O–H groups in total. The van der Waals surface area contributed by atoms with E-state index in [1.807, 2.05) is 13.8 Å². The molecule has 9 heteroatoms. The summed E-state index contributed by atoms with van der Waals surface area (Å²) in [4.78, 5) is 35.6. The number of carbonyl (C=O) groups excluding carboxylic acids is 2. The Morgan fingerprint density at radius 3 is 2.68 bits per heavy atom. The summed E-state index contributed by atoms with van der Waals surface area (Å²) in [7, 11) is 0. The largest absolute Gasteiger partial charge is 0.548 e. The quantitative estimate of drug-likeness (QED) is 0.322. The molecule has 1 atom stereocenters. The summed E-state index contributed by atoms with van der Waals surface area (Å²) in [5, 5.41) is 22.3. The van der Waals surface area contributed by atoms with E-state index >= 15 is 0 Å². The maximum Gasteiger partial charge on any atom is 0.270 e. The summed E-state index contributed by atoms with van der Waals surface area (Å²) >= 11 is 6.13. The van der Waals surface area contributed by atoms with Crippen LogP contribution in [0.4, 0.5) is 5.69 Å². The zero-order valence-electron chi connectivity index (χ0n) is 13.5. The Morgan fingerprint density at radius 1 is 1.44 bits per heavy atom. The van der Waals surface area contributed by atoms with Gasteiger partial charge in [-0.05, 0) is 24.0 Å². The first-order valence-corrected chi connectivity index (χ1v) is 8.65. The predicted molar refractivity (Wildman–Crippen MR) is 96.4 cm³/mol. The SMILES string of the molecule is CC(C)C[C@H](C(=O)[O-])N1C(=O)/C(=C/c2cccc([N+](=O)[O-])c2)SC1=S. The number of hydrogen-bond acceptors (Lipinski definition) is 7. The summed E-state index contributed by atoms with van der Waals surface area (Å²) < 4.78 is 0.136. The number of hydrogen-bond donors (Lipinski definition) is 0. The number of aliphatic carboxylic acids is 1. The first-order chi connectivity index (χ1) is 11.7. The fourth-order valence-electron chi connectivity index (χ4n) is 2.38. The van der Waals surface area contributed by atoms with Gasteiger partial charge < -0.3 is 9.90 Å². The number of nitro groups is 1. The Labute approximate surface area is 153 Å². The van der Waals surface area contributed by atoms with Crippen molar-refractivity contribution in [1.29, 1.82) is 0 Å². The highest BCUT2D eigenvalue weighted by Crippen LogP contribution is 2.35. The van der Waals surface area contributed by atoms with Crippen LogP contribution in [0.1, 0.15) is 25.8 Å². The molecule has 1 saturated heterocycles. The lowest BCUT2D eigenvalue weighted by atomic mass is 10.0. The zero-order chi connectivity index (χ0) is 18.7. The molecule has 0 radical (unpaired) electrons. The van der Waals surface area contributed by atoms with Crippen LogP contribution in [0, 0.1) is 16.0 Å². The van der Waals surface area contributed by atoms with E-state index in [0.29, 0.717) is 5.56 Å². The number of thiocarbonyl (C=S) groups is 1. The average molecular weight is 379 g/mol. The van der Waals surface area contributed by atoms with Crippen LogP contribution in [-0.2, 0) is 9.59 Å². The van der Waals surface area contributed by atoms with Crippen molar-refractivity contribution in [3.05, 3.63) is 44.8 Å². The standard InChI is InChI=1S/C16H16N2O5S2/c1-9(2)6-12(15(20)21)17-14(19)13(25-16(17)24)8-10-4-3-5-11(7-10)18(22)23/h3-5,7-9,12H,6H2,1-2H3,(H,20,21)/p-1/b13-8-/t12-/m1/s1. The van der Waals surface area contributed by atoms with E-state index in [9.17, 15) is 24.8 Å². The molecule has 0 saturated carbocycles. The van der Waals surface area contributed by atoms with E-state index in [-0.39, 0.29) is 27.3 Å². The molecule has 1 fully saturated rings. The molecule has 0 spiro atoms. The predicted octanol–water partition coefficient (Wildman–Crippen LogP) is 1.96. The van der Waals surface area contributed by atoms with Crippen LogP contribution in [0.25, 0.3) is 6.08 Å². The van der Waals surface area contributed by atoms with Gasteiger partial charge >= 0.3 is 0 Å². The molecule has 2 rings (SSSR count). The summed E-state index contributed by atoms with van der Waals surface area (Å²) in [5.41, 5.74) is 0.361. The third-order valence-electron chi connectivity index (χ3n) is 3.48. The van der Waals surface area contributed by atoms with Gasteiger partial charge in [0, 0.05) is 12.1 Å². The topological polar surface area (TPSA) is 104 Å². The van der Waals surface area contributed by atoms with E-state index < -0.39 is 22.8 Å². The van der Waals surface area contributed by atoms with E-state index in [1.54, 1.807) is 6.07 Å². The summed E-state index contributed by atoms with van der Waals surface area (Å²) in [6.07, 6.45) is 1.69. The molecule has 7 nitrogen and oxygen atoms in total. The van der Waals surface area contributed by atoms with Crippen LogP contribution in [0.5, 0.6) is 0 Å². The van der Waals surface area contributed by atoms with Gasteiger partial charge in [0.25, 0.3) is 11.6 Å². The number of carboxylic acid groups (broad SMARTS) is 1. The second-order valence-electron chi connectivity index (χ2n) is 5.87. The number of non-ortho nitro benzene ring substituents is 1. The smallest absolute Gasteiger partial charge is 0.270 e. The third-order valence-corrected chi connectivity index (χ3v) is 4.81. The van der Waals surface area contributed by atoms with Gasteiger partial charge in [-0.15, -0.1) is 0 Å². The van der Waals surface area contributed by atoms with Crippen molar-refractivity contribution in [1.82, 2.24) is 4.90 Å². The third kappa shape index (κ3) is 4.43. The maximum absolute atomic E-state index is 12.6. The highest BCUT2D eigenvalue weighted by atomic mass is 32.2. The van der Waals surface area contributed by atoms with Gasteiger partial charge in [0.05, 0.1) is 21.8 Å². The van der Waals surface area contributed by atoms with Gasteiger partial charge in [-0.2, -0.15) is 0 Å². The van der Waals surface area contributed by atoms with E-state index in [4.69, 9.17) is 12.2 Å². The van der Waals surface area contributed by atoms with Crippen molar-refractivity contribution in [3.63, 3.8) is 0 Å². The van der Waals surface area contributed by atoms with Gasteiger partial charge in [0.1, 0.15) is 4.32 Å². The molecule has 132 valence electrons. The van der Waals surface area contributed by atoms with Crippen molar-refractivity contribution in [2.45, 2.75) is 26.3 Å². The number of thioether (sulfide) groups is 1. The van der Waals surface area contributed by atoms with Gasteiger partial charge in [-0.1, -0.05) is 50.0 Å². The molecule has 25 heavy (non-hydrogen) atoms. The van der Waals surface area contributed by atoms with Crippen LogP contribution < -0.4 is 5.11 Å². The van der Waals surface area contributed by atoms with Crippen LogP contribution in [-0.4, -0.2) is 32.1 Å². The lowest BCUT2D eigenvalue weighted by molar-refractivity contribution is -0.384. The van der Waals surface area contributed by atoms with Gasteiger partial charge in [-0.25, -0.2) is 0 Å². The minimum absolute atomic E-state index is 0.0355. The molecule has 0 unspecified atom stereocenters. The van der Waals surface area contributed by atoms with Gasteiger partial charge in [0.2, 0.25) is 0 Å². The van der Waals surface area contributed by atoms with Crippen LogP contribution in [0.2, 0.25) is 0 Å². The average Bonchev–Trinajstić information content (AvgIpc) is 2.79. The molecule has 1 amide bonds. The van der Waals surface area contributed by atoms with Crippen LogP contribution >= 0.6 is 24.0 Å². The number of nitrogens with zero attached hydrogens (tertiary/aromatic N) is 2. The first kappa shape index (κ1) is 19.1. The normalized spacial score (nSPS) is 17.4. The Bertz CT molecular complexity index is 776. The minimum Gasteiger partial charge on any atom is -0.548 e. The van der Waals surface area contributed by atoms with Crippen LogP contribution in [0.3, 0.4) is 0 Å². The number of nitro benzene ring substituents is 1. The molecule has 1 aliphatic heterocycles. The van der Waals surface area contributed by atoms with Crippen molar-refractivity contribution >= 4 is 51.9 Å². The molecule has 1 aromatic carbocycles.